The van der Waals surface area contributed by atoms with Crippen LogP contribution in [-0.4, -0.2) is 19.9 Å². The van der Waals surface area contributed by atoms with Gasteiger partial charge in [0.25, 0.3) is 10.0 Å². The van der Waals surface area contributed by atoms with Crippen LogP contribution in [0.15, 0.2) is 47.5 Å². The molecule has 0 unspecified atom stereocenters. The van der Waals surface area contributed by atoms with E-state index >= 15 is 0 Å². The Morgan fingerprint density at radius 2 is 1.96 bits per heavy atom. The molecule has 0 bridgehead atoms. The highest BCUT2D eigenvalue weighted by Gasteiger charge is 2.14. The Morgan fingerprint density at radius 1 is 1.13 bits per heavy atom. The molecule has 0 saturated carbocycles. The molecule has 23 heavy (non-hydrogen) atoms. The van der Waals surface area contributed by atoms with Crippen LogP contribution in [-0.2, 0) is 10.0 Å². The molecular formula is C17H23N3O2S. The van der Waals surface area contributed by atoms with E-state index in [9.17, 15) is 8.42 Å². The molecule has 0 aliphatic carbocycles. The van der Waals surface area contributed by atoms with Crippen LogP contribution in [0.4, 0.5) is 11.5 Å². The molecular weight excluding hydrogens is 310 g/mol. The van der Waals surface area contributed by atoms with E-state index in [1.807, 2.05) is 13.0 Å². The fraction of sp³-hybridized carbons (Fsp3) is 0.353. The molecule has 0 atom stereocenters. The Labute approximate surface area is 138 Å². The number of aryl methyl sites for hydroxylation is 1. The van der Waals surface area contributed by atoms with Crippen molar-refractivity contribution in [1.29, 1.82) is 0 Å². The number of anilines is 2. The van der Waals surface area contributed by atoms with Crippen LogP contribution in [0, 0.1) is 6.92 Å². The first-order valence-corrected chi connectivity index (χ1v) is 9.29. The molecule has 0 radical (unpaired) electrons. The highest BCUT2D eigenvalue weighted by molar-refractivity contribution is 7.92. The lowest BCUT2D eigenvalue weighted by molar-refractivity contribution is 0.601. The molecule has 0 saturated heterocycles. The summed E-state index contributed by atoms with van der Waals surface area (Å²) in [4.78, 5) is 4.48. The minimum absolute atomic E-state index is 0.249. The minimum Gasteiger partial charge on any atom is -0.370 e. The van der Waals surface area contributed by atoms with Gasteiger partial charge in [-0.3, -0.25) is 4.72 Å². The quantitative estimate of drug-likeness (QED) is 0.721. The van der Waals surface area contributed by atoms with Gasteiger partial charge in [-0.05, 0) is 43.2 Å². The van der Waals surface area contributed by atoms with Crippen molar-refractivity contribution in [3.8, 4) is 0 Å². The van der Waals surface area contributed by atoms with E-state index in [1.165, 1.54) is 19.0 Å². The molecule has 2 aromatic rings. The van der Waals surface area contributed by atoms with Crippen LogP contribution in [0.2, 0.25) is 0 Å². The molecule has 2 rings (SSSR count). The van der Waals surface area contributed by atoms with Gasteiger partial charge in [0.1, 0.15) is 5.82 Å². The second-order valence-electron chi connectivity index (χ2n) is 5.49. The van der Waals surface area contributed by atoms with Gasteiger partial charge in [0, 0.05) is 6.54 Å². The van der Waals surface area contributed by atoms with Crippen molar-refractivity contribution >= 4 is 21.5 Å². The number of pyridine rings is 1. The second-order valence-corrected chi connectivity index (χ2v) is 7.17. The molecule has 0 amide bonds. The van der Waals surface area contributed by atoms with Crippen LogP contribution in [0.5, 0.6) is 0 Å². The minimum atomic E-state index is -3.58. The average molecular weight is 333 g/mol. The number of sulfonamides is 1. The summed E-state index contributed by atoms with van der Waals surface area (Å²) >= 11 is 0. The predicted molar refractivity (Wildman–Crippen MR) is 94.2 cm³/mol. The molecule has 0 fully saturated rings. The van der Waals surface area contributed by atoms with Gasteiger partial charge in [0.05, 0.1) is 16.8 Å². The SMILES string of the molecule is CCCCCNc1ccc(NS(=O)(=O)c2cccc(C)c2)cn1. The maximum absolute atomic E-state index is 12.3. The standard InChI is InChI=1S/C17H23N3O2S/c1-3-4-5-11-18-17-10-9-15(13-19-17)20-23(21,22)16-8-6-7-14(2)12-16/h6-10,12-13,20H,3-5,11H2,1-2H3,(H,18,19). The lowest BCUT2D eigenvalue weighted by Crippen LogP contribution is -2.13. The summed E-state index contributed by atoms with van der Waals surface area (Å²) in [6.07, 6.45) is 4.98. The summed E-state index contributed by atoms with van der Waals surface area (Å²) in [5.74, 6) is 0.750. The van der Waals surface area contributed by atoms with Gasteiger partial charge in [-0.1, -0.05) is 31.9 Å². The van der Waals surface area contributed by atoms with Crippen molar-refractivity contribution in [2.45, 2.75) is 38.0 Å². The maximum Gasteiger partial charge on any atom is 0.261 e. The molecule has 2 N–H and O–H groups in total. The lowest BCUT2D eigenvalue weighted by atomic mass is 10.2. The molecule has 5 nitrogen and oxygen atoms in total. The van der Waals surface area contributed by atoms with Gasteiger partial charge >= 0.3 is 0 Å². The zero-order valence-corrected chi connectivity index (χ0v) is 14.4. The van der Waals surface area contributed by atoms with Gasteiger partial charge < -0.3 is 5.32 Å². The van der Waals surface area contributed by atoms with Crippen molar-refractivity contribution in [2.75, 3.05) is 16.6 Å². The first-order valence-electron chi connectivity index (χ1n) is 7.80. The molecule has 1 aromatic heterocycles. The van der Waals surface area contributed by atoms with Gasteiger partial charge in [0.2, 0.25) is 0 Å². The van der Waals surface area contributed by atoms with E-state index in [-0.39, 0.29) is 4.90 Å². The maximum atomic E-state index is 12.3. The van der Waals surface area contributed by atoms with E-state index in [4.69, 9.17) is 0 Å². The van der Waals surface area contributed by atoms with E-state index in [2.05, 4.69) is 21.9 Å². The van der Waals surface area contributed by atoms with Crippen LogP contribution < -0.4 is 10.0 Å². The summed E-state index contributed by atoms with van der Waals surface area (Å²) in [5.41, 5.74) is 1.35. The Balaban J connectivity index is 2.00. The molecule has 0 spiro atoms. The zero-order valence-electron chi connectivity index (χ0n) is 13.5. The zero-order chi connectivity index (χ0) is 16.7. The van der Waals surface area contributed by atoms with Crippen LogP contribution in [0.25, 0.3) is 0 Å². The number of aromatic nitrogens is 1. The van der Waals surface area contributed by atoms with Crippen LogP contribution >= 0.6 is 0 Å². The van der Waals surface area contributed by atoms with E-state index in [1.54, 1.807) is 30.3 Å². The molecule has 0 aliphatic heterocycles. The van der Waals surface area contributed by atoms with Crippen LogP contribution in [0.1, 0.15) is 31.7 Å². The fourth-order valence-electron chi connectivity index (χ4n) is 2.15. The number of hydrogen-bond donors (Lipinski definition) is 2. The third-order valence-corrected chi connectivity index (χ3v) is 4.78. The van der Waals surface area contributed by atoms with Crippen molar-refractivity contribution in [1.82, 2.24) is 4.98 Å². The van der Waals surface area contributed by atoms with Crippen molar-refractivity contribution in [2.24, 2.45) is 0 Å². The summed E-state index contributed by atoms with van der Waals surface area (Å²) in [7, 11) is -3.58. The van der Waals surface area contributed by atoms with E-state index < -0.39 is 10.0 Å². The molecule has 6 heteroatoms. The third kappa shape index (κ3) is 5.25. The first kappa shape index (κ1) is 17.3. The monoisotopic (exact) mass is 333 g/mol. The number of unbranched alkanes of at least 4 members (excludes halogenated alkanes) is 2. The summed E-state index contributed by atoms with van der Waals surface area (Å²) in [6.45, 7) is 4.89. The van der Waals surface area contributed by atoms with Gasteiger partial charge in [-0.15, -0.1) is 0 Å². The van der Waals surface area contributed by atoms with Gasteiger partial charge in [-0.2, -0.15) is 0 Å². The molecule has 124 valence electrons. The lowest BCUT2D eigenvalue weighted by Gasteiger charge is -2.09. The van der Waals surface area contributed by atoms with E-state index in [0.717, 1.165) is 24.3 Å². The third-order valence-electron chi connectivity index (χ3n) is 3.40. The Morgan fingerprint density at radius 3 is 2.61 bits per heavy atom. The summed E-state index contributed by atoms with van der Waals surface area (Å²) in [6, 6.07) is 10.3. The van der Waals surface area contributed by atoms with Crippen molar-refractivity contribution in [3.63, 3.8) is 0 Å². The number of nitrogens with zero attached hydrogens (tertiary/aromatic N) is 1. The summed E-state index contributed by atoms with van der Waals surface area (Å²) in [5, 5.41) is 3.22. The highest BCUT2D eigenvalue weighted by Crippen LogP contribution is 2.17. The van der Waals surface area contributed by atoms with Crippen LogP contribution in [0.3, 0.4) is 0 Å². The summed E-state index contributed by atoms with van der Waals surface area (Å²) < 4.78 is 27.2. The van der Waals surface area contributed by atoms with E-state index in [0.29, 0.717) is 5.69 Å². The topological polar surface area (TPSA) is 71.1 Å². The molecule has 1 heterocycles. The highest BCUT2D eigenvalue weighted by atomic mass is 32.2. The van der Waals surface area contributed by atoms with Crippen molar-refractivity contribution in [3.05, 3.63) is 48.2 Å². The molecule has 0 aliphatic rings. The predicted octanol–water partition coefficient (Wildman–Crippen LogP) is 3.79. The van der Waals surface area contributed by atoms with Crippen molar-refractivity contribution < 1.29 is 8.42 Å². The Kier molecular flexibility index (Phi) is 5.98. The Hall–Kier alpha value is -2.08. The largest absolute Gasteiger partial charge is 0.370 e. The molecule has 1 aromatic carbocycles. The van der Waals surface area contributed by atoms with Gasteiger partial charge in [0.15, 0.2) is 0 Å². The average Bonchev–Trinajstić information content (AvgIpc) is 2.53. The fourth-order valence-corrected chi connectivity index (χ4v) is 3.29. The first-order chi connectivity index (χ1) is 11.0. The Bertz CT molecular complexity index is 728. The number of nitrogens with one attached hydrogen (secondary N) is 2. The number of hydrogen-bond acceptors (Lipinski definition) is 4. The second kappa shape index (κ2) is 7.97. The number of benzene rings is 1. The normalized spacial score (nSPS) is 11.2. The number of rotatable bonds is 8. The van der Waals surface area contributed by atoms with Gasteiger partial charge in [-0.25, -0.2) is 13.4 Å². The smallest absolute Gasteiger partial charge is 0.261 e.